The van der Waals surface area contributed by atoms with Gasteiger partial charge in [-0.25, -0.2) is 0 Å². The van der Waals surface area contributed by atoms with Gasteiger partial charge in [-0.05, 0) is 0 Å². The van der Waals surface area contributed by atoms with E-state index in [4.69, 9.17) is 46.4 Å². The van der Waals surface area contributed by atoms with E-state index >= 15 is 0 Å². The predicted octanol–water partition coefficient (Wildman–Crippen LogP) is 12.7. The van der Waals surface area contributed by atoms with Crippen molar-refractivity contribution in [3.8, 4) is 11.5 Å². The molecule has 45 heavy (non-hydrogen) atoms. The summed E-state index contributed by atoms with van der Waals surface area (Å²) in [6.45, 7) is 7.44. The molecule has 6 rings (SSSR count). The fourth-order valence-electron chi connectivity index (χ4n) is 5.35. The molecule has 1 heterocycles. The molecule has 4 aromatic rings. The Labute approximate surface area is 300 Å². The third kappa shape index (κ3) is 11.3. The number of aromatic hydroxyl groups is 2. The first-order chi connectivity index (χ1) is 21.6. The van der Waals surface area contributed by atoms with Crippen LogP contribution in [0.15, 0.2) is 84.9 Å². The number of phenols is 2. The van der Waals surface area contributed by atoms with Gasteiger partial charge in [-0.3, -0.25) is 0 Å². The summed E-state index contributed by atoms with van der Waals surface area (Å²) in [5.41, 5.74) is 3.94. The van der Waals surface area contributed by atoms with Crippen LogP contribution in [0.25, 0.3) is 0 Å². The Kier molecular flexibility index (Phi) is 15.1. The molecule has 240 valence electrons. The van der Waals surface area contributed by atoms with Crippen LogP contribution < -0.4 is 0 Å². The second-order valence-electron chi connectivity index (χ2n) is 11.1. The number of fused-ring (bicyclic) bond motifs is 1. The van der Waals surface area contributed by atoms with E-state index in [0.717, 1.165) is 44.3 Å². The number of halogens is 4. The maximum atomic E-state index is 10.6. The van der Waals surface area contributed by atoms with Crippen LogP contribution in [-0.4, -0.2) is 20.7 Å². The molecule has 2 unspecified atom stereocenters. The third-order valence-corrected chi connectivity index (χ3v) is 37.8. The normalized spacial score (nSPS) is 20.4. The van der Waals surface area contributed by atoms with E-state index in [1.165, 1.54) is 38.5 Å². The van der Waals surface area contributed by atoms with Gasteiger partial charge in [0.1, 0.15) is 0 Å². The van der Waals surface area contributed by atoms with Crippen molar-refractivity contribution >= 4 is 60.8 Å². The average Bonchev–Trinajstić information content (AvgIpc) is 3.29. The molecule has 1 aliphatic heterocycles. The molecule has 0 bridgehead atoms. The molecule has 1 saturated carbocycles. The van der Waals surface area contributed by atoms with Crippen molar-refractivity contribution in [1.82, 2.24) is 0 Å². The van der Waals surface area contributed by atoms with Crippen LogP contribution in [0.4, 0.5) is 0 Å². The summed E-state index contributed by atoms with van der Waals surface area (Å²) in [4.78, 5) is 0. The first kappa shape index (κ1) is 36.8. The van der Waals surface area contributed by atoms with Gasteiger partial charge in [-0.2, -0.15) is 49.2 Å². The number of hydrogen-bond acceptors (Lipinski definition) is 2. The number of phenolic OH excluding ortho intramolecular Hbond substituents is 2. The van der Waals surface area contributed by atoms with Crippen LogP contribution in [0.5, 0.6) is 11.5 Å². The van der Waals surface area contributed by atoms with Gasteiger partial charge in [0.2, 0.25) is 0 Å². The van der Waals surface area contributed by atoms with Gasteiger partial charge in [0.15, 0.2) is 0 Å². The van der Waals surface area contributed by atoms with Crippen LogP contribution >= 0.6 is 60.8 Å². The van der Waals surface area contributed by atoms with Crippen molar-refractivity contribution in [2.75, 3.05) is 0 Å². The zero-order valence-corrected chi connectivity index (χ0v) is 33.3. The van der Waals surface area contributed by atoms with Gasteiger partial charge in [-0.1, -0.05) is 12.1 Å². The van der Waals surface area contributed by atoms with Crippen LogP contribution in [0.1, 0.15) is 60.8 Å². The summed E-state index contributed by atoms with van der Waals surface area (Å²) in [7, 11) is 0.641. The van der Waals surface area contributed by atoms with E-state index in [9.17, 15) is 10.2 Å². The predicted molar refractivity (Wildman–Crippen MR) is 196 cm³/mol. The number of benzene rings is 4. The monoisotopic (exact) mass is 886 g/mol. The minimum Gasteiger partial charge on any atom is -0.199 e. The average molecular weight is 887 g/mol. The maximum absolute atomic E-state index is 10.6. The summed E-state index contributed by atoms with van der Waals surface area (Å²) in [5, 5.41) is 24.4. The Balaban J connectivity index is 0.000000269. The molecule has 4 aromatic carbocycles. The molecule has 9 heteroatoms. The van der Waals surface area contributed by atoms with Gasteiger partial charge >= 0.3 is 217 Å². The Morgan fingerprint density at radius 2 is 0.978 bits per heavy atom. The summed E-state index contributed by atoms with van der Waals surface area (Å²) >= 11 is 23.8. The molecule has 1 aliphatic carbocycles. The van der Waals surface area contributed by atoms with E-state index in [1.807, 2.05) is 72.8 Å². The number of hydrogen-bond donors (Lipinski definition) is 2. The summed E-state index contributed by atoms with van der Waals surface area (Å²) in [6.07, 6.45) is 7.79. The van der Waals surface area contributed by atoms with Gasteiger partial charge in [-0.15, -0.1) is 24.3 Å². The van der Waals surface area contributed by atoms with Crippen molar-refractivity contribution in [2.24, 2.45) is 0 Å². The molecule has 2 nitrogen and oxygen atoms in total. The Morgan fingerprint density at radius 3 is 1.31 bits per heavy atom. The van der Waals surface area contributed by atoms with Crippen LogP contribution in [0, 0.1) is 13.8 Å². The Bertz CT molecular complexity index is 1530. The third-order valence-electron chi connectivity index (χ3n) is 7.61. The standard InChI is InChI=1S/C22H24Cl4O2S2.2C7H7.Hf/c23-15-7-13(21(27)17(25)9-15)11-29-19-5-3-1-2-4-6-20(19)30-12-14-8-16(24)10-18(26)22(14)28;2*1-7-5-3-2-4-6-7;/h7-10,19-20,27-28H,1-6,11-12H2;2*2-6H,1H2;/q;2*-1;/t19-,20-;;;/m0.../s1. The quantitative estimate of drug-likeness (QED) is 0.158. The van der Waals surface area contributed by atoms with Gasteiger partial charge < -0.3 is 0 Å². The second kappa shape index (κ2) is 18.5. The smallest absolute Gasteiger partial charge is 0.0866 e. The Hall–Kier alpha value is -1.05. The van der Waals surface area contributed by atoms with Crippen molar-refractivity contribution in [3.05, 3.63) is 141 Å². The van der Waals surface area contributed by atoms with E-state index in [1.54, 1.807) is 12.1 Å². The Morgan fingerprint density at radius 1 is 0.600 bits per heavy atom. The fourth-order valence-corrected chi connectivity index (χ4v) is 45.5. The first-order valence-corrected chi connectivity index (χ1v) is 28.1. The fraction of sp³-hybridized carbons (Fsp3) is 0.278. The van der Waals surface area contributed by atoms with Crippen LogP contribution in [0.2, 0.25) is 20.1 Å². The molecular weight excluding hydrogens is 849 g/mol. The minimum atomic E-state index is -1.06. The van der Waals surface area contributed by atoms with Crippen LogP contribution in [-0.2, 0) is 30.4 Å². The van der Waals surface area contributed by atoms with Crippen molar-refractivity contribution < 1.29 is 29.1 Å². The molecule has 1 fully saturated rings. The maximum Gasteiger partial charge on any atom is -0.0866 e. The van der Waals surface area contributed by atoms with Crippen molar-refractivity contribution in [2.45, 2.75) is 60.5 Å². The van der Waals surface area contributed by atoms with Crippen LogP contribution in [0.3, 0.4) is 0 Å². The molecule has 2 aliphatic rings. The zero-order chi connectivity index (χ0) is 32.3. The second-order valence-corrected chi connectivity index (χ2v) is 33.6. The summed E-state index contributed by atoms with van der Waals surface area (Å²) < 4.78 is 0. The summed E-state index contributed by atoms with van der Waals surface area (Å²) in [5.74, 6) is 2.16. The molecule has 0 amide bonds. The topological polar surface area (TPSA) is 40.5 Å². The molecular formula is C36H38Cl4HfO2S2-2. The molecule has 0 spiro atoms. The van der Waals surface area contributed by atoms with E-state index in [2.05, 4.69) is 13.8 Å². The molecule has 0 aromatic heterocycles. The summed E-state index contributed by atoms with van der Waals surface area (Å²) in [6, 6.07) is 26.7. The van der Waals surface area contributed by atoms with E-state index in [0.29, 0.717) is 34.5 Å². The van der Waals surface area contributed by atoms with Crippen molar-refractivity contribution in [1.29, 1.82) is 0 Å². The molecule has 0 radical (unpaired) electrons. The zero-order valence-electron chi connectivity index (χ0n) is 25.0. The van der Waals surface area contributed by atoms with Gasteiger partial charge in [0, 0.05) is 0 Å². The van der Waals surface area contributed by atoms with Gasteiger partial charge in [0.25, 0.3) is 0 Å². The van der Waals surface area contributed by atoms with E-state index < -0.39 is 18.9 Å². The largest absolute Gasteiger partial charge is 0.199 e. The first-order valence-electron chi connectivity index (χ1n) is 14.9. The van der Waals surface area contributed by atoms with Crippen molar-refractivity contribution in [3.63, 3.8) is 0 Å². The van der Waals surface area contributed by atoms with E-state index in [-0.39, 0.29) is 11.5 Å². The number of rotatable bonds is 4. The SMILES string of the molecule is Oc1c(Cl)cc(Cl)cc1C[S]1=[Hf]=[S](Cc2cc(Cl)cc(Cl)c2O)[C@H]2CCCCCC[C@@H]21.[CH2-]c1ccccc1.[CH2-]c1ccccc1. The molecule has 0 saturated heterocycles. The minimum absolute atomic E-state index is 0.190. The molecule has 2 N–H and O–H groups in total. The van der Waals surface area contributed by atoms with Gasteiger partial charge in [0.05, 0.1) is 0 Å². The molecule has 4 atom stereocenters.